The van der Waals surface area contributed by atoms with Crippen molar-refractivity contribution in [1.29, 1.82) is 0 Å². The van der Waals surface area contributed by atoms with Crippen LogP contribution in [-0.2, 0) is 0 Å². The summed E-state index contributed by atoms with van der Waals surface area (Å²) in [6.45, 7) is 5.95. The van der Waals surface area contributed by atoms with E-state index in [-0.39, 0.29) is 11.4 Å². The highest BCUT2D eigenvalue weighted by Gasteiger charge is 2.19. The van der Waals surface area contributed by atoms with Crippen LogP contribution in [0.1, 0.15) is 41.3 Å². The Balaban J connectivity index is 3.12. The van der Waals surface area contributed by atoms with Gasteiger partial charge >= 0.3 is 0 Å². The lowest BCUT2D eigenvalue weighted by molar-refractivity contribution is 0.0985. The summed E-state index contributed by atoms with van der Waals surface area (Å²) in [5.74, 6) is 0.185. The summed E-state index contributed by atoms with van der Waals surface area (Å²) < 4.78 is 0. The van der Waals surface area contributed by atoms with Gasteiger partial charge in [0.1, 0.15) is 0 Å². The highest BCUT2D eigenvalue weighted by Crippen LogP contribution is 2.26. The minimum Gasteiger partial charge on any atom is -0.293 e. The van der Waals surface area contributed by atoms with Crippen LogP contribution in [0.15, 0.2) is 12.1 Å². The number of rotatable bonds is 4. The molecule has 0 bridgehead atoms. The Morgan fingerprint density at radius 1 is 1.44 bits per heavy atom. The van der Waals surface area contributed by atoms with Gasteiger partial charge in [0, 0.05) is 16.2 Å². The van der Waals surface area contributed by atoms with Gasteiger partial charge in [-0.25, -0.2) is 0 Å². The highest BCUT2D eigenvalue weighted by atomic mass is 35.5. The fourth-order valence-electron chi connectivity index (χ4n) is 1.83. The van der Waals surface area contributed by atoms with Gasteiger partial charge in [0.2, 0.25) is 0 Å². The van der Waals surface area contributed by atoms with Crippen molar-refractivity contribution in [1.82, 2.24) is 0 Å². The molecule has 0 spiro atoms. The van der Waals surface area contributed by atoms with E-state index in [1.165, 1.54) is 0 Å². The van der Waals surface area contributed by atoms with Crippen LogP contribution in [0, 0.1) is 13.8 Å². The Labute approximate surface area is 105 Å². The molecular weight excluding hydrogens is 239 g/mol. The quantitative estimate of drug-likeness (QED) is 0.583. The molecule has 0 N–H and O–H groups in total. The van der Waals surface area contributed by atoms with Crippen LogP contribution in [0.2, 0.25) is 5.02 Å². The molecule has 0 radical (unpaired) electrons. The molecule has 1 nitrogen and oxygen atoms in total. The molecule has 0 fully saturated rings. The molecule has 0 aliphatic heterocycles. The van der Waals surface area contributed by atoms with Crippen LogP contribution in [0.25, 0.3) is 0 Å². The largest absolute Gasteiger partial charge is 0.293 e. The van der Waals surface area contributed by atoms with Crippen molar-refractivity contribution in [3.05, 3.63) is 33.8 Å². The second kappa shape index (κ2) is 5.80. The SMILES string of the molecule is CCCC(P)C(=O)c1c(C)ccc(Cl)c1C. The van der Waals surface area contributed by atoms with Crippen molar-refractivity contribution in [2.75, 3.05) is 0 Å². The number of Topliss-reactive ketones (excluding diaryl/α,β-unsaturated/α-hetero) is 1. The number of carbonyl (C=O) groups excluding carboxylic acids is 1. The van der Waals surface area contributed by atoms with Crippen molar-refractivity contribution in [2.45, 2.75) is 39.3 Å². The van der Waals surface area contributed by atoms with Gasteiger partial charge in [0.25, 0.3) is 0 Å². The number of hydrogen-bond donors (Lipinski definition) is 0. The van der Waals surface area contributed by atoms with E-state index in [0.29, 0.717) is 5.02 Å². The minimum absolute atomic E-state index is 0.000802. The highest BCUT2D eigenvalue weighted by molar-refractivity contribution is 7.19. The lowest BCUT2D eigenvalue weighted by Gasteiger charge is -2.14. The average molecular weight is 257 g/mol. The van der Waals surface area contributed by atoms with Gasteiger partial charge in [0.05, 0.1) is 0 Å². The van der Waals surface area contributed by atoms with Gasteiger partial charge in [-0.1, -0.05) is 31.0 Å². The summed E-state index contributed by atoms with van der Waals surface area (Å²) in [5.41, 5.74) is 2.70. The first-order valence-electron chi connectivity index (χ1n) is 5.54. The molecule has 88 valence electrons. The van der Waals surface area contributed by atoms with Crippen molar-refractivity contribution >= 4 is 26.6 Å². The van der Waals surface area contributed by atoms with Crippen LogP contribution in [0.5, 0.6) is 0 Å². The Hall–Kier alpha value is -0.390. The van der Waals surface area contributed by atoms with Crippen molar-refractivity contribution in [2.24, 2.45) is 0 Å². The van der Waals surface area contributed by atoms with Crippen LogP contribution in [-0.4, -0.2) is 11.4 Å². The van der Waals surface area contributed by atoms with Gasteiger partial charge < -0.3 is 0 Å². The second-order valence-corrected chi connectivity index (χ2v) is 5.34. The van der Waals surface area contributed by atoms with E-state index >= 15 is 0 Å². The van der Waals surface area contributed by atoms with E-state index in [1.807, 2.05) is 26.0 Å². The van der Waals surface area contributed by atoms with Crippen molar-refractivity contribution in [3.63, 3.8) is 0 Å². The summed E-state index contributed by atoms with van der Waals surface area (Å²) in [4.78, 5) is 12.2. The second-order valence-electron chi connectivity index (χ2n) is 4.12. The number of hydrogen-bond acceptors (Lipinski definition) is 1. The van der Waals surface area contributed by atoms with E-state index < -0.39 is 0 Å². The first-order chi connectivity index (χ1) is 7.49. The summed E-state index contributed by atoms with van der Waals surface area (Å²) >= 11 is 6.05. The van der Waals surface area contributed by atoms with Crippen LogP contribution >= 0.6 is 20.8 Å². The van der Waals surface area contributed by atoms with Crippen molar-refractivity contribution < 1.29 is 4.79 Å². The number of ketones is 1. The first-order valence-corrected chi connectivity index (χ1v) is 6.59. The molecule has 0 heterocycles. The Morgan fingerprint density at radius 3 is 2.62 bits per heavy atom. The molecule has 3 heteroatoms. The maximum Gasteiger partial charge on any atom is 0.170 e. The first kappa shape index (κ1) is 13.7. The molecule has 0 aliphatic carbocycles. The molecule has 0 aromatic heterocycles. The third-order valence-electron chi connectivity index (χ3n) is 2.79. The summed E-state index contributed by atoms with van der Waals surface area (Å²) in [6.07, 6.45) is 1.91. The molecule has 0 saturated carbocycles. The van der Waals surface area contributed by atoms with Crippen LogP contribution < -0.4 is 0 Å². The Bertz CT molecular complexity index is 401. The normalized spacial score (nSPS) is 12.6. The lowest BCUT2D eigenvalue weighted by atomic mass is 9.96. The topological polar surface area (TPSA) is 17.1 Å². The van der Waals surface area contributed by atoms with E-state index in [4.69, 9.17) is 11.6 Å². The zero-order valence-electron chi connectivity index (χ0n) is 10.0. The van der Waals surface area contributed by atoms with Gasteiger partial charge in [-0.05, 0) is 37.5 Å². The maximum atomic E-state index is 12.2. The van der Waals surface area contributed by atoms with Gasteiger partial charge in [-0.2, -0.15) is 0 Å². The summed E-state index contributed by atoms with van der Waals surface area (Å²) in [7, 11) is 2.64. The monoisotopic (exact) mass is 256 g/mol. The summed E-state index contributed by atoms with van der Waals surface area (Å²) in [5, 5.41) is 0.669. The van der Waals surface area contributed by atoms with Crippen LogP contribution in [0.3, 0.4) is 0 Å². The van der Waals surface area contributed by atoms with E-state index in [9.17, 15) is 4.79 Å². The smallest absolute Gasteiger partial charge is 0.170 e. The average Bonchev–Trinajstić information content (AvgIpc) is 2.24. The van der Waals surface area contributed by atoms with Crippen molar-refractivity contribution in [3.8, 4) is 0 Å². The fourth-order valence-corrected chi connectivity index (χ4v) is 2.49. The van der Waals surface area contributed by atoms with Gasteiger partial charge in [-0.15, -0.1) is 9.24 Å². The summed E-state index contributed by atoms with van der Waals surface area (Å²) in [6, 6.07) is 3.76. The molecular formula is C13H18ClOP. The number of benzene rings is 1. The Kier molecular flexibility index (Phi) is 4.95. The zero-order chi connectivity index (χ0) is 12.3. The number of halogens is 1. The van der Waals surface area contributed by atoms with E-state index in [1.54, 1.807) is 0 Å². The Morgan fingerprint density at radius 2 is 2.06 bits per heavy atom. The zero-order valence-corrected chi connectivity index (χ0v) is 11.9. The molecule has 1 aromatic rings. The maximum absolute atomic E-state index is 12.2. The third kappa shape index (κ3) is 2.84. The number of carbonyl (C=O) groups is 1. The van der Waals surface area contributed by atoms with Gasteiger partial charge in [0.15, 0.2) is 5.78 Å². The van der Waals surface area contributed by atoms with Gasteiger partial charge in [-0.3, -0.25) is 4.79 Å². The fraction of sp³-hybridized carbons (Fsp3) is 0.462. The predicted molar refractivity (Wildman–Crippen MR) is 73.7 cm³/mol. The molecule has 0 saturated heterocycles. The predicted octanol–water partition coefficient (Wildman–Crippen LogP) is 4.18. The molecule has 1 rings (SSSR count). The molecule has 0 amide bonds. The van der Waals surface area contributed by atoms with E-state index in [2.05, 4.69) is 16.2 Å². The number of aryl methyl sites for hydroxylation is 1. The lowest BCUT2D eigenvalue weighted by Crippen LogP contribution is -2.16. The molecule has 2 unspecified atom stereocenters. The molecule has 0 aliphatic rings. The standard InChI is InChI=1S/C13H18ClOP/c1-4-5-11(16)13(15)12-8(2)6-7-10(14)9(12)3/h6-7,11H,4-5,16H2,1-3H3. The molecule has 1 aromatic carbocycles. The van der Waals surface area contributed by atoms with E-state index in [0.717, 1.165) is 29.5 Å². The molecule has 2 atom stereocenters. The third-order valence-corrected chi connectivity index (χ3v) is 3.84. The van der Waals surface area contributed by atoms with Crippen LogP contribution in [0.4, 0.5) is 0 Å². The molecule has 16 heavy (non-hydrogen) atoms. The minimum atomic E-state index is 0.000802.